The number of hydrogen-bond donors (Lipinski definition) is 2. The molecule has 1 amide bonds. The SMILES string of the molecule is CC(C)CC(=O)C(OCC=O)(OC(OCC=O)(OOC(OCC=O)(OCC=O)C(=O)OCC=O)C(=O)OCC=O)C(=O)NCC1(CC(=O)O)CCCCC1. The molecular weight excluding hydrogens is 734 g/mol. The molecule has 302 valence electrons. The molecule has 0 aromatic heterocycles. The van der Waals surface area contributed by atoms with Crippen molar-refractivity contribution in [2.75, 3.05) is 46.2 Å². The van der Waals surface area contributed by atoms with Gasteiger partial charge in [0, 0.05) is 13.0 Å². The lowest BCUT2D eigenvalue weighted by molar-refractivity contribution is -0.575. The highest BCUT2D eigenvalue weighted by Crippen LogP contribution is 2.39. The summed E-state index contributed by atoms with van der Waals surface area (Å²) in [6, 6.07) is 0. The molecule has 1 saturated carbocycles. The Labute approximate surface area is 307 Å². The Bertz CT molecular complexity index is 1320. The highest BCUT2D eigenvalue weighted by molar-refractivity contribution is 6.08. The van der Waals surface area contributed by atoms with E-state index >= 15 is 0 Å². The van der Waals surface area contributed by atoms with Gasteiger partial charge in [-0.2, -0.15) is 9.78 Å². The van der Waals surface area contributed by atoms with E-state index in [4.69, 9.17) is 38.2 Å². The van der Waals surface area contributed by atoms with Crippen LogP contribution in [0.5, 0.6) is 0 Å². The number of nitrogens with one attached hydrogen (secondary N) is 1. The Kier molecular flexibility index (Phi) is 20.9. The fraction of sp³-hybridized carbons (Fsp3) is 0.656. The number of carbonyl (C=O) groups excluding carboxylic acids is 10. The molecule has 0 aliphatic heterocycles. The van der Waals surface area contributed by atoms with Gasteiger partial charge in [-0.3, -0.25) is 28.7 Å². The van der Waals surface area contributed by atoms with Gasteiger partial charge in [0.1, 0.15) is 64.8 Å². The third kappa shape index (κ3) is 13.9. The van der Waals surface area contributed by atoms with E-state index in [0.29, 0.717) is 25.7 Å². The monoisotopic (exact) mass is 777 g/mol. The molecule has 22 nitrogen and oxygen atoms in total. The number of rotatable bonds is 31. The minimum Gasteiger partial charge on any atom is -0.481 e. The Morgan fingerprint density at radius 1 is 0.667 bits per heavy atom. The van der Waals surface area contributed by atoms with Crippen molar-refractivity contribution in [3.63, 3.8) is 0 Å². The number of ketones is 1. The number of esters is 2. The predicted molar refractivity (Wildman–Crippen MR) is 169 cm³/mol. The molecule has 2 unspecified atom stereocenters. The fourth-order valence-electron chi connectivity index (χ4n) is 5.06. The van der Waals surface area contributed by atoms with E-state index in [9.17, 15) is 57.8 Å². The van der Waals surface area contributed by atoms with Gasteiger partial charge < -0.3 is 58.0 Å². The number of ether oxygens (including phenoxy) is 7. The molecule has 54 heavy (non-hydrogen) atoms. The number of carboxylic acids is 1. The van der Waals surface area contributed by atoms with Gasteiger partial charge in [0.15, 0.2) is 12.6 Å². The van der Waals surface area contributed by atoms with Gasteiger partial charge in [0.05, 0.1) is 6.42 Å². The summed E-state index contributed by atoms with van der Waals surface area (Å²) < 4.78 is 35.4. The number of aliphatic carboxylic acids is 1. The summed E-state index contributed by atoms with van der Waals surface area (Å²) in [5, 5.41) is 12.0. The van der Waals surface area contributed by atoms with Gasteiger partial charge in [-0.15, -0.1) is 0 Å². The molecule has 1 rings (SSSR count). The summed E-state index contributed by atoms with van der Waals surface area (Å²) in [6.45, 7) is -4.16. The molecule has 2 N–H and O–H groups in total. The van der Waals surface area contributed by atoms with E-state index in [-0.39, 0.29) is 37.7 Å². The van der Waals surface area contributed by atoms with Crippen LogP contribution in [0.3, 0.4) is 0 Å². The summed E-state index contributed by atoms with van der Waals surface area (Å²) in [5.41, 5.74) is -1.04. The van der Waals surface area contributed by atoms with Gasteiger partial charge in [-0.25, -0.2) is 9.59 Å². The van der Waals surface area contributed by atoms with Crippen molar-refractivity contribution in [3.8, 4) is 0 Å². The van der Waals surface area contributed by atoms with Crippen molar-refractivity contribution < 1.29 is 101 Å². The Morgan fingerprint density at radius 2 is 1.11 bits per heavy atom. The lowest BCUT2D eigenvalue weighted by atomic mass is 9.71. The van der Waals surface area contributed by atoms with Crippen LogP contribution in [0.4, 0.5) is 0 Å². The Hall–Kier alpha value is -4.71. The minimum absolute atomic E-state index is 0.0174. The second kappa shape index (κ2) is 23.9. The number of Topliss-reactive ketones (excluding diaryl/α,β-unsaturated/α-hetero) is 1. The first-order chi connectivity index (χ1) is 25.7. The molecule has 1 aliphatic rings. The average molecular weight is 778 g/mol. The maximum Gasteiger partial charge on any atom is 0.417 e. The lowest BCUT2D eigenvalue weighted by Gasteiger charge is -2.40. The summed E-state index contributed by atoms with van der Waals surface area (Å²) in [4.78, 5) is 144. The minimum atomic E-state index is -3.95. The fourth-order valence-corrected chi connectivity index (χ4v) is 5.06. The van der Waals surface area contributed by atoms with E-state index in [1.165, 1.54) is 13.8 Å². The van der Waals surface area contributed by atoms with Gasteiger partial charge in [-0.1, -0.05) is 33.1 Å². The quantitative estimate of drug-likeness (QED) is 0.0201. The predicted octanol–water partition coefficient (Wildman–Crippen LogP) is -1.54. The van der Waals surface area contributed by atoms with E-state index in [2.05, 4.69) is 10.1 Å². The van der Waals surface area contributed by atoms with Crippen LogP contribution < -0.4 is 5.32 Å². The maximum absolute atomic E-state index is 14.3. The molecule has 0 spiro atoms. The molecule has 0 radical (unpaired) electrons. The zero-order valence-corrected chi connectivity index (χ0v) is 29.6. The summed E-state index contributed by atoms with van der Waals surface area (Å²) in [6.07, 6.45) is 1.72. The van der Waals surface area contributed by atoms with Crippen LogP contribution in [0.1, 0.15) is 58.8 Å². The third-order valence-corrected chi connectivity index (χ3v) is 7.31. The standard InChI is InChI=1S/C32H43NO21/c1-23(2)20-24(40)30(48-16-10-36,26(43)33-22-29(21-25(41)42)6-4-3-5-7-29)52-32(51-19-13-39,28(45)47-15-9-35)54-53-31(49-17-11-37,50-18-12-38)27(44)46-14-8-34/h8-13,23H,3-7,14-22H2,1-2H3,(H,33,43)(H,41,42). The largest absolute Gasteiger partial charge is 0.481 e. The van der Waals surface area contributed by atoms with Crippen LogP contribution in [0.25, 0.3) is 0 Å². The third-order valence-electron chi connectivity index (χ3n) is 7.31. The van der Waals surface area contributed by atoms with Crippen LogP contribution in [-0.4, -0.2) is 136 Å². The number of carbonyl (C=O) groups is 11. The number of hydrogen-bond acceptors (Lipinski definition) is 20. The zero-order valence-electron chi connectivity index (χ0n) is 29.6. The second-order valence-electron chi connectivity index (χ2n) is 11.8. The van der Waals surface area contributed by atoms with E-state index < -0.39 is 118 Å². The molecule has 0 aromatic rings. The molecule has 2 atom stereocenters. The smallest absolute Gasteiger partial charge is 0.417 e. The molecule has 22 heteroatoms. The van der Waals surface area contributed by atoms with Crippen molar-refractivity contribution in [2.24, 2.45) is 11.3 Å². The number of carboxylic acid groups (broad SMARTS) is 1. The molecule has 0 heterocycles. The normalized spacial score (nSPS) is 16.1. The van der Waals surface area contributed by atoms with Crippen molar-refractivity contribution in [2.45, 2.75) is 76.5 Å². The topological polar surface area (TPSA) is 303 Å². The van der Waals surface area contributed by atoms with Crippen LogP contribution >= 0.6 is 0 Å². The van der Waals surface area contributed by atoms with Crippen LogP contribution in [0, 0.1) is 11.3 Å². The van der Waals surface area contributed by atoms with Gasteiger partial charge in [-0.05, 0) is 24.2 Å². The van der Waals surface area contributed by atoms with E-state index in [1.807, 2.05) is 0 Å². The molecule has 1 aliphatic carbocycles. The van der Waals surface area contributed by atoms with Crippen molar-refractivity contribution in [3.05, 3.63) is 0 Å². The Balaban J connectivity index is 4.07. The number of amides is 1. The van der Waals surface area contributed by atoms with E-state index in [0.717, 1.165) is 6.42 Å². The first-order valence-electron chi connectivity index (χ1n) is 16.3. The van der Waals surface area contributed by atoms with Crippen molar-refractivity contribution >= 4 is 67.3 Å². The highest BCUT2D eigenvalue weighted by Gasteiger charge is 2.62. The molecular formula is C32H43NO21. The van der Waals surface area contributed by atoms with Gasteiger partial charge >= 0.3 is 35.6 Å². The summed E-state index contributed by atoms with van der Waals surface area (Å²) in [7, 11) is 0. The second-order valence-corrected chi connectivity index (χ2v) is 11.8. The molecule has 0 aromatic carbocycles. The zero-order chi connectivity index (χ0) is 40.7. The van der Waals surface area contributed by atoms with Crippen LogP contribution in [0.15, 0.2) is 0 Å². The van der Waals surface area contributed by atoms with Crippen LogP contribution in [0.2, 0.25) is 0 Å². The molecule has 0 bridgehead atoms. The van der Waals surface area contributed by atoms with Crippen LogP contribution in [-0.2, 0) is 95.7 Å². The first kappa shape index (κ1) is 47.3. The van der Waals surface area contributed by atoms with Gasteiger partial charge in [0.2, 0.25) is 5.78 Å². The molecule has 0 saturated heterocycles. The molecule has 1 fully saturated rings. The first-order valence-corrected chi connectivity index (χ1v) is 16.3. The highest BCUT2D eigenvalue weighted by atomic mass is 17.3. The van der Waals surface area contributed by atoms with Gasteiger partial charge in [0.25, 0.3) is 5.91 Å². The number of aldehydes is 6. The lowest BCUT2D eigenvalue weighted by Crippen LogP contribution is -2.65. The van der Waals surface area contributed by atoms with E-state index in [1.54, 1.807) is 0 Å². The summed E-state index contributed by atoms with van der Waals surface area (Å²) >= 11 is 0. The van der Waals surface area contributed by atoms with Crippen molar-refractivity contribution in [1.82, 2.24) is 5.32 Å². The Morgan fingerprint density at radius 3 is 1.57 bits per heavy atom. The summed E-state index contributed by atoms with van der Waals surface area (Å²) in [5.74, 6) is -19.6. The maximum atomic E-state index is 14.3. The van der Waals surface area contributed by atoms with Crippen molar-refractivity contribution in [1.29, 1.82) is 0 Å². The average Bonchev–Trinajstić information content (AvgIpc) is 3.14.